The summed E-state index contributed by atoms with van der Waals surface area (Å²) in [7, 11) is 0. The minimum atomic E-state index is 0.652. The van der Waals surface area contributed by atoms with Gasteiger partial charge in [0, 0.05) is 34.1 Å². The third kappa shape index (κ3) is 4.57. The molecule has 0 fully saturated rings. The molecule has 7 aromatic carbocycles. The molecule has 0 bridgehead atoms. The molecule has 228 valence electrons. The van der Waals surface area contributed by atoms with Gasteiger partial charge in [-0.2, -0.15) is 0 Å². The summed E-state index contributed by atoms with van der Waals surface area (Å²) in [4.78, 5) is 15.0. The minimum Gasteiger partial charge on any atom is -0.278 e. The molecule has 0 spiro atoms. The first kappa shape index (κ1) is 27.5. The Morgan fingerprint density at radius 2 is 1.06 bits per heavy atom. The molecule has 3 aromatic heterocycles. The van der Waals surface area contributed by atoms with Crippen LogP contribution in [0, 0.1) is 0 Å². The van der Waals surface area contributed by atoms with Crippen LogP contribution >= 0.6 is 0 Å². The van der Waals surface area contributed by atoms with Gasteiger partial charge in [-0.1, -0.05) is 115 Å². The average molecular weight is 625 g/mol. The van der Waals surface area contributed by atoms with Crippen LogP contribution in [0.3, 0.4) is 0 Å². The number of nitrogens with zero attached hydrogens (tertiary/aromatic N) is 4. The van der Waals surface area contributed by atoms with Crippen molar-refractivity contribution in [2.75, 3.05) is 0 Å². The first-order valence-corrected chi connectivity index (χ1v) is 16.5. The Kier molecular flexibility index (Phi) is 6.15. The smallest absolute Gasteiger partial charge is 0.235 e. The number of para-hydroxylation sites is 1. The fraction of sp³-hybridized carbons (Fsp3) is 0. The predicted octanol–water partition coefficient (Wildman–Crippen LogP) is 11.4. The lowest BCUT2D eigenvalue weighted by Gasteiger charge is -2.14. The van der Waals surface area contributed by atoms with Crippen molar-refractivity contribution < 1.29 is 0 Å². The van der Waals surface area contributed by atoms with Crippen LogP contribution in [0.1, 0.15) is 0 Å². The summed E-state index contributed by atoms with van der Waals surface area (Å²) in [5, 5.41) is 8.23. The van der Waals surface area contributed by atoms with Crippen LogP contribution in [0.25, 0.3) is 93.7 Å². The molecule has 0 saturated carbocycles. The van der Waals surface area contributed by atoms with Crippen LogP contribution in [-0.4, -0.2) is 19.5 Å². The van der Waals surface area contributed by atoms with Gasteiger partial charge < -0.3 is 0 Å². The highest BCUT2D eigenvalue weighted by Gasteiger charge is 2.18. The Morgan fingerprint density at radius 1 is 0.388 bits per heavy atom. The highest BCUT2D eigenvalue weighted by Crippen LogP contribution is 2.37. The van der Waals surface area contributed by atoms with Crippen molar-refractivity contribution in [1.82, 2.24) is 19.5 Å². The molecule has 10 aromatic rings. The first-order valence-electron chi connectivity index (χ1n) is 16.5. The first-order chi connectivity index (χ1) is 24.3. The van der Waals surface area contributed by atoms with E-state index in [2.05, 4.69) is 161 Å². The fourth-order valence-electron chi connectivity index (χ4n) is 7.21. The number of benzene rings is 7. The summed E-state index contributed by atoms with van der Waals surface area (Å²) in [6.07, 6.45) is 3.70. The van der Waals surface area contributed by atoms with Crippen molar-refractivity contribution in [3.8, 4) is 39.5 Å². The zero-order valence-electron chi connectivity index (χ0n) is 26.5. The Balaban J connectivity index is 1.23. The quantitative estimate of drug-likeness (QED) is 0.196. The van der Waals surface area contributed by atoms with Crippen molar-refractivity contribution in [3.63, 3.8) is 0 Å². The molecule has 0 saturated heterocycles. The highest BCUT2D eigenvalue weighted by molar-refractivity contribution is 6.13. The molecular weight excluding hydrogens is 597 g/mol. The predicted molar refractivity (Wildman–Crippen MR) is 203 cm³/mol. The van der Waals surface area contributed by atoms with Crippen molar-refractivity contribution in [2.24, 2.45) is 0 Å². The molecule has 0 aliphatic carbocycles. The van der Waals surface area contributed by atoms with Crippen molar-refractivity contribution in [3.05, 3.63) is 170 Å². The molecule has 0 N–H and O–H groups in total. The number of hydrogen-bond acceptors (Lipinski definition) is 3. The van der Waals surface area contributed by atoms with E-state index >= 15 is 0 Å². The number of hydrogen-bond donors (Lipinski definition) is 0. The number of rotatable bonds is 4. The van der Waals surface area contributed by atoms with Crippen LogP contribution in [0.15, 0.2) is 170 Å². The molecule has 0 aliphatic heterocycles. The van der Waals surface area contributed by atoms with Gasteiger partial charge in [-0.05, 0) is 86.3 Å². The number of pyridine rings is 1. The minimum absolute atomic E-state index is 0.652. The van der Waals surface area contributed by atoms with Gasteiger partial charge in [0.05, 0.1) is 22.2 Å². The molecular formula is C45H28N4. The maximum atomic E-state index is 5.42. The second-order valence-electron chi connectivity index (χ2n) is 12.6. The van der Waals surface area contributed by atoms with Gasteiger partial charge in [0.1, 0.15) is 0 Å². The van der Waals surface area contributed by atoms with E-state index in [9.17, 15) is 0 Å². The molecule has 0 amide bonds. The Hall–Kier alpha value is -6.65. The van der Waals surface area contributed by atoms with Gasteiger partial charge in [-0.3, -0.25) is 9.55 Å². The topological polar surface area (TPSA) is 43.6 Å². The normalized spacial score (nSPS) is 11.7. The van der Waals surface area contributed by atoms with Crippen molar-refractivity contribution in [2.45, 2.75) is 0 Å². The van der Waals surface area contributed by atoms with Gasteiger partial charge in [0.15, 0.2) is 0 Å². The molecule has 4 nitrogen and oxygen atoms in total. The fourth-order valence-corrected chi connectivity index (χ4v) is 7.21. The third-order valence-corrected chi connectivity index (χ3v) is 9.66. The maximum absolute atomic E-state index is 5.42. The highest BCUT2D eigenvalue weighted by atomic mass is 15.2. The van der Waals surface area contributed by atoms with E-state index in [1.54, 1.807) is 6.20 Å². The molecule has 49 heavy (non-hydrogen) atoms. The van der Waals surface area contributed by atoms with E-state index < -0.39 is 0 Å². The lowest BCUT2D eigenvalue weighted by molar-refractivity contribution is 1.01. The Labute approximate surface area is 282 Å². The molecule has 10 rings (SSSR count). The SMILES string of the molecule is c1cncc(-c2ccc(-c3nc(-n4c5ccccc5c5cc6ccccc6cc54)nc4ccc(-c5ccc6ccccc6c5)cc34)cc2)c1. The second-order valence-corrected chi connectivity index (χ2v) is 12.6. The van der Waals surface area contributed by atoms with E-state index in [-0.39, 0.29) is 0 Å². The summed E-state index contributed by atoms with van der Waals surface area (Å²) < 4.78 is 2.22. The Morgan fingerprint density at radius 3 is 1.88 bits per heavy atom. The van der Waals surface area contributed by atoms with E-state index in [0.717, 1.165) is 55.4 Å². The summed E-state index contributed by atoms with van der Waals surface area (Å²) >= 11 is 0. The lowest BCUT2D eigenvalue weighted by Crippen LogP contribution is -2.03. The zero-order chi connectivity index (χ0) is 32.3. The van der Waals surface area contributed by atoms with Gasteiger partial charge in [0.2, 0.25) is 5.95 Å². The maximum Gasteiger partial charge on any atom is 0.235 e. The summed E-state index contributed by atoms with van der Waals surface area (Å²) in [5.74, 6) is 0.652. The largest absolute Gasteiger partial charge is 0.278 e. The van der Waals surface area contributed by atoms with Crippen molar-refractivity contribution in [1.29, 1.82) is 0 Å². The second kappa shape index (κ2) is 11.0. The van der Waals surface area contributed by atoms with Crippen molar-refractivity contribution >= 4 is 54.3 Å². The monoisotopic (exact) mass is 624 g/mol. The van der Waals surface area contributed by atoms with Gasteiger partial charge in [-0.15, -0.1) is 0 Å². The lowest BCUT2D eigenvalue weighted by atomic mass is 9.97. The van der Waals surface area contributed by atoms with Gasteiger partial charge >= 0.3 is 0 Å². The third-order valence-electron chi connectivity index (χ3n) is 9.66. The molecule has 4 heteroatoms. The molecule has 0 radical (unpaired) electrons. The summed E-state index contributed by atoms with van der Waals surface area (Å²) in [6.45, 7) is 0. The zero-order valence-corrected chi connectivity index (χ0v) is 26.5. The number of fused-ring (bicyclic) bond motifs is 6. The number of aromatic nitrogens is 4. The average Bonchev–Trinajstić information content (AvgIpc) is 3.49. The van der Waals surface area contributed by atoms with E-state index in [1.807, 2.05) is 12.3 Å². The van der Waals surface area contributed by atoms with Crippen LogP contribution in [0.2, 0.25) is 0 Å². The molecule has 0 aliphatic rings. The van der Waals surface area contributed by atoms with Gasteiger partial charge in [-0.25, -0.2) is 9.97 Å². The van der Waals surface area contributed by atoms with E-state index in [0.29, 0.717) is 5.95 Å². The Bertz CT molecular complexity index is 2870. The molecule has 0 atom stereocenters. The van der Waals surface area contributed by atoms with Crippen LogP contribution in [0.4, 0.5) is 0 Å². The molecule has 0 unspecified atom stereocenters. The van der Waals surface area contributed by atoms with Gasteiger partial charge in [0.25, 0.3) is 0 Å². The van der Waals surface area contributed by atoms with Crippen LogP contribution < -0.4 is 0 Å². The summed E-state index contributed by atoms with van der Waals surface area (Å²) in [6, 6.07) is 56.0. The van der Waals surface area contributed by atoms with E-state index in [4.69, 9.17) is 9.97 Å². The van der Waals surface area contributed by atoms with Crippen LogP contribution in [0.5, 0.6) is 0 Å². The van der Waals surface area contributed by atoms with Crippen LogP contribution in [-0.2, 0) is 0 Å². The standard InChI is InChI=1S/C45H28N4/c1-2-9-32-24-35(20-17-29(32)8-1)36-21-22-41-40(26-36)44(31-18-15-30(16-19-31)37-12-7-23-46-28-37)48-45(47-41)49-42-14-6-5-13-38(42)39-25-33-10-3-4-11-34(33)27-43(39)49/h1-28H. The van der Waals surface area contributed by atoms with E-state index in [1.165, 1.54) is 32.3 Å². The summed E-state index contributed by atoms with van der Waals surface area (Å²) in [5.41, 5.74) is 9.48. The molecule has 3 heterocycles.